The van der Waals surface area contributed by atoms with Crippen molar-refractivity contribution in [3.63, 3.8) is 0 Å². The highest BCUT2D eigenvalue weighted by atomic mass is 19.1. The summed E-state index contributed by atoms with van der Waals surface area (Å²) < 4.78 is 32.7. The number of nitrogens with two attached hydrogens (primary N) is 1. The van der Waals surface area contributed by atoms with Gasteiger partial charge in [-0.2, -0.15) is 0 Å². The molecule has 0 aliphatic heterocycles. The number of nitrogen functional groups attached to an aromatic ring is 1. The average Bonchev–Trinajstić information content (AvgIpc) is 2.46. The first-order valence-electron chi connectivity index (χ1n) is 6.56. The molecule has 0 radical (unpaired) electrons. The smallest absolute Gasteiger partial charge is 0.340 e. The van der Waals surface area contributed by atoms with Gasteiger partial charge < -0.3 is 10.5 Å². The van der Waals surface area contributed by atoms with Gasteiger partial charge in [0.15, 0.2) is 0 Å². The van der Waals surface area contributed by atoms with Gasteiger partial charge in [-0.3, -0.25) is 0 Å². The minimum absolute atomic E-state index is 0.00241. The number of anilines is 1. The van der Waals surface area contributed by atoms with Gasteiger partial charge in [-0.15, -0.1) is 0 Å². The second-order valence-electron chi connectivity index (χ2n) is 4.50. The Morgan fingerprint density at radius 2 is 1.76 bits per heavy atom. The molecule has 21 heavy (non-hydrogen) atoms. The van der Waals surface area contributed by atoms with Crippen molar-refractivity contribution >= 4 is 11.7 Å². The minimum Gasteiger partial charge on any atom is -0.462 e. The minimum atomic E-state index is -0.735. The number of carbonyl (C=O) groups is 1. The van der Waals surface area contributed by atoms with Crippen molar-refractivity contribution in [2.75, 3.05) is 12.3 Å². The summed E-state index contributed by atoms with van der Waals surface area (Å²) in [7, 11) is 0. The van der Waals surface area contributed by atoms with E-state index in [4.69, 9.17) is 10.5 Å². The Morgan fingerprint density at radius 3 is 2.38 bits per heavy atom. The molecule has 0 bridgehead atoms. The van der Waals surface area contributed by atoms with Crippen molar-refractivity contribution in [2.24, 2.45) is 0 Å². The van der Waals surface area contributed by atoms with Gasteiger partial charge >= 0.3 is 5.97 Å². The molecule has 3 nitrogen and oxygen atoms in total. The molecule has 0 unspecified atom stereocenters. The number of hydrogen-bond donors (Lipinski definition) is 1. The summed E-state index contributed by atoms with van der Waals surface area (Å²) in [5, 5.41) is 0. The fraction of sp³-hybridized carbons (Fsp3) is 0.188. The summed E-state index contributed by atoms with van der Waals surface area (Å²) >= 11 is 0. The number of hydrogen-bond acceptors (Lipinski definition) is 3. The first-order chi connectivity index (χ1) is 10.1. The van der Waals surface area contributed by atoms with E-state index in [-0.39, 0.29) is 29.0 Å². The van der Waals surface area contributed by atoms with Crippen LogP contribution in [-0.4, -0.2) is 12.6 Å². The molecule has 0 heterocycles. The lowest BCUT2D eigenvalue weighted by Crippen LogP contribution is -2.10. The van der Waals surface area contributed by atoms with Crippen molar-refractivity contribution in [1.82, 2.24) is 0 Å². The summed E-state index contributed by atoms with van der Waals surface area (Å²) in [6.45, 7) is 2.12. The van der Waals surface area contributed by atoms with Gasteiger partial charge in [-0.05, 0) is 24.6 Å². The molecule has 2 aromatic rings. The summed E-state index contributed by atoms with van der Waals surface area (Å²) in [5.41, 5.74) is 5.88. The van der Waals surface area contributed by atoms with Gasteiger partial charge in [0.05, 0.1) is 23.4 Å². The molecule has 0 spiro atoms. The molecular formula is C16H15F2NO2. The molecule has 0 aliphatic carbocycles. The second-order valence-corrected chi connectivity index (χ2v) is 4.50. The van der Waals surface area contributed by atoms with Crippen LogP contribution in [0.15, 0.2) is 36.4 Å². The van der Waals surface area contributed by atoms with Crippen LogP contribution in [0.2, 0.25) is 0 Å². The Balaban J connectivity index is 2.50. The van der Waals surface area contributed by atoms with Gasteiger partial charge in [0.25, 0.3) is 0 Å². The molecule has 110 valence electrons. The topological polar surface area (TPSA) is 52.3 Å². The highest BCUT2D eigenvalue weighted by Gasteiger charge is 2.18. The zero-order valence-electron chi connectivity index (χ0n) is 11.5. The monoisotopic (exact) mass is 291 g/mol. The Kier molecular flexibility index (Phi) is 4.52. The lowest BCUT2D eigenvalue weighted by molar-refractivity contribution is 0.0506. The van der Waals surface area contributed by atoms with Gasteiger partial charge in [-0.25, -0.2) is 13.6 Å². The third-order valence-electron chi connectivity index (χ3n) is 3.00. The van der Waals surface area contributed by atoms with Crippen molar-refractivity contribution in [3.8, 4) is 11.1 Å². The molecule has 2 rings (SSSR count). The van der Waals surface area contributed by atoms with E-state index in [0.717, 1.165) is 12.1 Å². The predicted molar refractivity (Wildman–Crippen MR) is 76.8 cm³/mol. The SMILES string of the molecule is CCCOC(=O)c1cccc(-c2c(F)cccc2F)c1N. The lowest BCUT2D eigenvalue weighted by atomic mass is 9.99. The van der Waals surface area contributed by atoms with Crippen LogP contribution in [0.25, 0.3) is 11.1 Å². The predicted octanol–water partition coefficient (Wildman–Crippen LogP) is 3.78. The number of ether oxygens (including phenoxy) is 1. The van der Waals surface area contributed by atoms with E-state index in [1.54, 1.807) is 0 Å². The molecule has 2 aromatic carbocycles. The van der Waals surface area contributed by atoms with Crippen LogP contribution in [0.3, 0.4) is 0 Å². The van der Waals surface area contributed by atoms with E-state index >= 15 is 0 Å². The Morgan fingerprint density at radius 1 is 1.14 bits per heavy atom. The van der Waals surface area contributed by atoms with Gasteiger partial charge in [0, 0.05) is 5.56 Å². The molecule has 0 fully saturated rings. The van der Waals surface area contributed by atoms with E-state index in [9.17, 15) is 13.6 Å². The van der Waals surface area contributed by atoms with Gasteiger partial charge in [-0.1, -0.05) is 25.1 Å². The summed E-state index contributed by atoms with van der Waals surface area (Å²) in [6.07, 6.45) is 0.674. The van der Waals surface area contributed by atoms with E-state index in [1.165, 1.54) is 24.3 Å². The van der Waals surface area contributed by atoms with Crippen LogP contribution in [0, 0.1) is 11.6 Å². The van der Waals surface area contributed by atoms with E-state index in [0.29, 0.717) is 6.42 Å². The van der Waals surface area contributed by atoms with Gasteiger partial charge in [0.1, 0.15) is 11.6 Å². The molecule has 5 heteroatoms. The van der Waals surface area contributed by atoms with Crippen molar-refractivity contribution in [2.45, 2.75) is 13.3 Å². The van der Waals surface area contributed by atoms with Crippen LogP contribution in [0.5, 0.6) is 0 Å². The molecule has 2 N–H and O–H groups in total. The third kappa shape index (κ3) is 3.02. The summed E-state index contributed by atoms with van der Waals surface area (Å²) in [4.78, 5) is 11.9. The normalized spacial score (nSPS) is 10.4. The highest BCUT2D eigenvalue weighted by molar-refractivity contribution is 5.99. The number of carbonyl (C=O) groups excluding carboxylic acids is 1. The van der Waals surface area contributed by atoms with Crippen LogP contribution in [0.4, 0.5) is 14.5 Å². The van der Waals surface area contributed by atoms with E-state index in [1.807, 2.05) is 6.92 Å². The van der Waals surface area contributed by atoms with Crippen molar-refractivity contribution < 1.29 is 18.3 Å². The van der Waals surface area contributed by atoms with E-state index in [2.05, 4.69) is 0 Å². The summed E-state index contributed by atoms with van der Waals surface area (Å²) in [5.74, 6) is -2.07. The standard InChI is InChI=1S/C16H15F2NO2/c1-2-9-21-16(20)11-6-3-5-10(15(11)19)14-12(17)7-4-8-13(14)18/h3-8H,2,9,19H2,1H3. The molecule has 0 saturated carbocycles. The zero-order valence-corrected chi connectivity index (χ0v) is 11.5. The fourth-order valence-electron chi connectivity index (χ4n) is 1.99. The largest absolute Gasteiger partial charge is 0.462 e. The van der Waals surface area contributed by atoms with Crippen LogP contribution >= 0.6 is 0 Å². The third-order valence-corrected chi connectivity index (χ3v) is 3.00. The van der Waals surface area contributed by atoms with Crippen molar-refractivity contribution in [3.05, 3.63) is 53.6 Å². The van der Waals surface area contributed by atoms with Crippen LogP contribution in [-0.2, 0) is 4.74 Å². The summed E-state index contributed by atoms with van der Waals surface area (Å²) in [6, 6.07) is 7.99. The first kappa shape index (κ1) is 15.0. The second kappa shape index (κ2) is 6.35. The molecule has 0 amide bonds. The molecule has 0 aliphatic rings. The fourth-order valence-corrected chi connectivity index (χ4v) is 1.99. The average molecular weight is 291 g/mol. The Labute approximate surface area is 121 Å². The van der Waals surface area contributed by atoms with Crippen LogP contribution < -0.4 is 5.73 Å². The lowest BCUT2D eigenvalue weighted by Gasteiger charge is -2.12. The quantitative estimate of drug-likeness (QED) is 0.689. The maximum Gasteiger partial charge on any atom is 0.340 e. The Hall–Kier alpha value is -2.43. The van der Waals surface area contributed by atoms with E-state index < -0.39 is 17.6 Å². The van der Waals surface area contributed by atoms with Gasteiger partial charge in [0.2, 0.25) is 0 Å². The molecule has 0 atom stereocenters. The number of para-hydroxylation sites is 1. The molecular weight excluding hydrogens is 276 g/mol. The number of esters is 1. The maximum absolute atomic E-state index is 13.8. The number of halogens is 2. The highest BCUT2D eigenvalue weighted by Crippen LogP contribution is 2.32. The molecule has 0 aromatic heterocycles. The maximum atomic E-state index is 13.8. The number of benzene rings is 2. The Bertz CT molecular complexity index is 651. The van der Waals surface area contributed by atoms with Crippen LogP contribution in [0.1, 0.15) is 23.7 Å². The first-order valence-corrected chi connectivity index (χ1v) is 6.56. The van der Waals surface area contributed by atoms with Crippen molar-refractivity contribution in [1.29, 1.82) is 0 Å². The number of rotatable bonds is 4. The molecule has 0 saturated heterocycles. The zero-order chi connectivity index (χ0) is 15.4.